The molecule has 1 aliphatic heterocycles. The van der Waals surface area contributed by atoms with E-state index in [1.165, 1.54) is 4.31 Å². The van der Waals surface area contributed by atoms with Gasteiger partial charge in [-0.15, -0.1) is 0 Å². The average Bonchev–Trinajstić information content (AvgIpc) is 2.63. The van der Waals surface area contributed by atoms with E-state index in [0.29, 0.717) is 37.4 Å². The number of amides is 1. The van der Waals surface area contributed by atoms with Crippen molar-refractivity contribution in [3.8, 4) is 0 Å². The SMILES string of the molecule is Cc1ccc(C)c(S(=O)(=O)N2CCCC(C(=O)NCCCOC(C)C)C2)c1. The zero-order valence-electron chi connectivity index (χ0n) is 16.8. The number of carbonyl (C=O) groups excluding carboxylic acids is 1. The minimum Gasteiger partial charge on any atom is -0.379 e. The quantitative estimate of drug-likeness (QED) is 0.686. The van der Waals surface area contributed by atoms with Crippen molar-refractivity contribution in [3.05, 3.63) is 29.3 Å². The van der Waals surface area contributed by atoms with Crippen LogP contribution >= 0.6 is 0 Å². The van der Waals surface area contributed by atoms with E-state index in [0.717, 1.165) is 17.5 Å². The third-order valence-electron chi connectivity index (χ3n) is 4.79. The van der Waals surface area contributed by atoms with E-state index in [9.17, 15) is 13.2 Å². The van der Waals surface area contributed by atoms with Crippen LogP contribution in [0.2, 0.25) is 0 Å². The van der Waals surface area contributed by atoms with Gasteiger partial charge in [-0.25, -0.2) is 8.42 Å². The summed E-state index contributed by atoms with van der Waals surface area (Å²) in [4.78, 5) is 12.8. The lowest BCUT2D eigenvalue weighted by molar-refractivity contribution is -0.126. The lowest BCUT2D eigenvalue weighted by atomic mass is 9.99. The van der Waals surface area contributed by atoms with Gasteiger partial charge in [0.2, 0.25) is 15.9 Å². The van der Waals surface area contributed by atoms with Crippen molar-refractivity contribution in [3.63, 3.8) is 0 Å². The molecule has 6 nitrogen and oxygen atoms in total. The molecule has 0 bridgehead atoms. The summed E-state index contributed by atoms with van der Waals surface area (Å²) in [5, 5.41) is 2.92. The summed E-state index contributed by atoms with van der Waals surface area (Å²) in [6, 6.07) is 5.45. The van der Waals surface area contributed by atoms with Gasteiger partial charge in [0.05, 0.1) is 16.9 Å². The van der Waals surface area contributed by atoms with Gasteiger partial charge >= 0.3 is 0 Å². The van der Waals surface area contributed by atoms with Gasteiger partial charge in [-0.3, -0.25) is 4.79 Å². The molecule has 1 amide bonds. The third kappa shape index (κ3) is 6.02. The number of carbonyl (C=O) groups is 1. The zero-order chi connectivity index (χ0) is 20.0. The number of aryl methyl sites for hydroxylation is 2. The Morgan fingerprint density at radius 2 is 2.07 bits per heavy atom. The molecular weight excluding hydrogens is 364 g/mol. The predicted octanol–water partition coefficient (Wildman–Crippen LogP) is 2.64. The number of nitrogens with zero attached hydrogens (tertiary/aromatic N) is 1. The fourth-order valence-corrected chi connectivity index (χ4v) is 5.08. The van der Waals surface area contributed by atoms with Gasteiger partial charge < -0.3 is 10.1 Å². The summed E-state index contributed by atoms with van der Waals surface area (Å²) in [7, 11) is -3.59. The van der Waals surface area contributed by atoms with Crippen LogP contribution in [0.1, 0.15) is 44.2 Å². The summed E-state index contributed by atoms with van der Waals surface area (Å²) in [6.07, 6.45) is 2.34. The highest BCUT2D eigenvalue weighted by Crippen LogP contribution is 2.26. The van der Waals surface area contributed by atoms with Crippen molar-refractivity contribution in [1.82, 2.24) is 9.62 Å². The molecule has 1 unspecified atom stereocenters. The molecule has 152 valence electrons. The number of nitrogens with one attached hydrogen (secondary N) is 1. The van der Waals surface area contributed by atoms with E-state index < -0.39 is 10.0 Å². The summed E-state index contributed by atoms with van der Waals surface area (Å²) in [5.41, 5.74) is 1.64. The second kappa shape index (κ2) is 9.66. The largest absolute Gasteiger partial charge is 0.379 e. The van der Waals surface area contributed by atoms with Crippen LogP contribution in [0.25, 0.3) is 0 Å². The fourth-order valence-electron chi connectivity index (χ4n) is 3.25. The number of benzene rings is 1. The highest BCUT2D eigenvalue weighted by Gasteiger charge is 2.33. The van der Waals surface area contributed by atoms with Crippen LogP contribution in [-0.4, -0.2) is 51.0 Å². The second-order valence-electron chi connectivity index (χ2n) is 7.54. The monoisotopic (exact) mass is 396 g/mol. The highest BCUT2D eigenvalue weighted by molar-refractivity contribution is 7.89. The molecule has 1 saturated heterocycles. The molecule has 1 atom stereocenters. The van der Waals surface area contributed by atoms with Crippen LogP contribution in [0.3, 0.4) is 0 Å². The minimum atomic E-state index is -3.59. The van der Waals surface area contributed by atoms with Crippen molar-refractivity contribution in [2.75, 3.05) is 26.2 Å². The normalized spacial score (nSPS) is 18.6. The molecule has 0 spiro atoms. The molecule has 0 radical (unpaired) electrons. The van der Waals surface area contributed by atoms with Gasteiger partial charge in [0.1, 0.15) is 0 Å². The topological polar surface area (TPSA) is 75.7 Å². The molecule has 1 aromatic rings. The number of hydrogen-bond donors (Lipinski definition) is 1. The molecule has 1 fully saturated rings. The molecule has 0 aromatic heterocycles. The first-order chi connectivity index (χ1) is 12.7. The Hall–Kier alpha value is -1.44. The lowest BCUT2D eigenvalue weighted by Gasteiger charge is -2.31. The fraction of sp³-hybridized carbons (Fsp3) is 0.650. The molecule has 1 aromatic carbocycles. The molecule has 0 saturated carbocycles. The molecule has 7 heteroatoms. The van der Waals surface area contributed by atoms with E-state index in [2.05, 4.69) is 5.32 Å². The van der Waals surface area contributed by atoms with Gasteiger partial charge in [-0.05, 0) is 64.2 Å². The number of rotatable bonds is 8. The first-order valence-electron chi connectivity index (χ1n) is 9.68. The molecule has 27 heavy (non-hydrogen) atoms. The molecular formula is C20H32N2O4S. The van der Waals surface area contributed by atoms with Crippen LogP contribution in [0.5, 0.6) is 0 Å². The summed E-state index contributed by atoms with van der Waals surface area (Å²) in [6.45, 7) is 9.50. The highest BCUT2D eigenvalue weighted by atomic mass is 32.2. The maximum Gasteiger partial charge on any atom is 0.243 e. The van der Waals surface area contributed by atoms with Crippen LogP contribution in [0.15, 0.2) is 23.1 Å². The standard InChI is InChI=1S/C20H32N2O4S/c1-15(2)26-12-6-10-21-20(23)18-7-5-11-22(14-18)27(24,25)19-13-16(3)8-9-17(19)4/h8-9,13,15,18H,5-7,10-12,14H2,1-4H3,(H,21,23). The van der Waals surface area contributed by atoms with Gasteiger partial charge in [0, 0.05) is 26.2 Å². The Labute approximate surface area is 163 Å². The number of piperidine rings is 1. The van der Waals surface area contributed by atoms with Crippen molar-refractivity contribution in [1.29, 1.82) is 0 Å². The van der Waals surface area contributed by atoms with E-state index >= 15 is 0 Å². The number of hydrogen-bond acceptors (Lipinski definition) is 4. The summed E-state index contributed by atoms with van der Waals surface area (Å²) < 4.78 is 33.1. The van der Waals surface area contributed by atoms with Crippen molar-refractivity contribution in [2.45, 2.75) is 58.0 Å². The van der Waals surface area contributed by atoms with Gasteiger partial charge in [0.25, 0.3) is 0 Å². The lowest BCUT2D eigenvalue weighted by Crippen LogP contribution is -2.45. The van der Waals surface area contributed by atoms with E-state index in [4.69, 9.17) is 4.74 Å². The van der Waals surface area contributed by atoms with Crippen molar-refractivity contribution in [2.24, 2.45) is 5.92 Å². The van der Waals surface area contributed by atoms with E-state index in [1.54, 1.807) is 13.0 Å². The summed E-state index contributed by atoms with van der Waals surface area (Å²) >= 11 is 0. The maximum atomic E-state index is 13.1. The third-order valence-corrected chi connectivity index (χ3v) is 6.80. The Kier molecular flexibility index (Phi) is 7.82. The molecule has 1 N–H and O–H groups in total. The minimum absolute atomic E-state index is 0.0691. The molecule has 1 aliphatic rings. The van der Waals surface area contributed by atoms with Crippen LogP contribution in [-0.2, 0) is 19.6 Å². The van der Waals surface area contributed by atoms with Gasteiger partial charge in [-0.2, -0.15) is 4.31 Å². The van der Waals surface area contributed by atoms with Crippen molar-refractivity contribution >= 4 is 15.9 Å². The predicted molar refractivity (Wildman–Crippen MR) is 106 cm³/mol. The van der Waals surface area contributed by atoms with Gasteiger partial charge in [-0.1, -0.05) is 12.1 Å². The first-order valence-corrected chi connectivity index (χ1v) is 11.1. The first kappa shape index (κ1) is 21.9. The Balaban J connectivity index is 1.96. The van der Waals surface area contributed by atoms with E-state index in [-0.39, 0.29) is 24.5 Å². The number of sulfonamides is 1. The second-order valence-corrected chi connectivity index (χ2v) is 9.44. The van der Waals surface area contributed by atoms with Crippen molar-refractivity contribution < 1.29 is 17.9 Å². The smallest absolute Gasteiger partial charge is 0.243 e. The Morgan fingerprint density at radius 1 is 1.33 bits per heavy atom. The maximum absolute atomic E-state index is 13.1. The average molecular weight is 397 g/mol. The Morgan fingerprint density at radius 3 is 2.78 bits per heavy atom. The molecule has 1 heterocycles. The van der Waals surface area contributed by atoms with E-state index in [1.807, 2.05) is 32.9 Å². The molecule has 0 aliphatic carbocycles. The Bertz CT molecular complexity index is 746. The van der Waals surface area contributed by atoms with Crippen LogP contribution < -0.4 is 5.32 Å². The van der Waals surface area contributed by atoms with Gasteiger partial charge in [0.15, 0.2) is 0 Å². The van der Waals surface area contributed by atoms with Crippen LogP contribution in [0.4, 0.5) is 0 Å². The number of ether oxygens (including phenoxy) is 1. The zero-order valence-corrected chi connectivity index (χ0v) is 17.6. The van der Waals surface area contributed by atoms with Crippen LogP contribution in [0, 0.1) is 19.8 Å². The summed E-state index contributed by atoms with van der Waals surface area (Å²) in [5.74, 6) is -0.370. The molecule has 2 rings (SSSR count).